The van der Waals surface area contributed by atoms with Crippen molar-refractivity contribution in [2.24, 2.45) is 0 Å². The zero-order valence-electron chi connectivity index (χ0n) is 11.0. The molecular formula is C12H18N4O2S. The van der Waals surface area contributed by atoms with E-state index in [1.165, 1.54) is 0 Å². The van der Waals surface area contributed by atoms with Crippen LogP contribution in [0.5, 0.6) is 0 Å². The summed E-state index contributed by atoms with van der Waals surface area (Å²) in [5.74, 6) is 0.397. The predicted octanol–water partition coefficient (Wildman–Crippen LogP) is 1.45. The van der Waals surface area contributed by atoms with Crippen molar-refractivity contribution in [2.45, 2.75) is 25.3 Å². The van der Waals surface area contributed by atoms with Crippen molar-refractivity contribution in [1.82, 2.24) is 14.1 Å². The third-order valence-electron chi connectivity index (χ3n) is 2.62. The Kier molecular flexibility index (Phi) is 4.06. The van der Waals surface area contributed by atoms with Crippen molar-refractivity contribution < 1.29 is 8.42 Å². The molecule has 0 aliphatic rings. The van der Waals surface area contributed by atoms with Crippen molar-refractivity contribution in [3.05, 3.63) is 24.4 Å². The zero-order valence-corrected chi connectivity index (χ0v) is 11.9. The first-order chi connectivity index (χ1) is 9.10. The maximum Gasteiger partial charge on any atom is 0.260 e. The minimum atomic E-state index is -3.57. The molecule has 0 atom stereocenters. The normalized spacial score (nSPS) is 11.9. The predicted molar refractivity (Wildman–Crippen MR) is 74.8 cm³/mol. The molecule has 0 aliphatic heterocycles. The Bertz CT molecular complexity index is 663. The van der Waals surface area contributed by atoms with Crippen molar-refractivity contribution in [1.29, 1.82) is 0 Å². The van der Waals surface area contributed by atoms with Gasteiger partial charge in [0.2, 0.25) is 0 Å². The van der Waals surface area contributed by atoms with Gasteiger partial charge in [-0.1, -0.05) is 19.9 Å². The molecule has 6 nitrogen and oxygen atoms in total. The maximum atomic E-state index is 12.3. The first kappa shape index (κ1) is 13.8. The third kappa shape index (κ3) is 2.71. The van der Waals surface area contributed by atoms with Crippen LogP contribution in [0.2, 0.25) is 0 Å². The minimum absolute atomic E-state index is 0.165. The number of pyridine rings is 1. The van der Waals surface area contributed by atoms with Crippen LogP contribution in [0.25, 0.3) is 5.65 Å². The lowest BCUT2D eigenvalue weighted by atomic mass is 10.5. The molecule has 0 unspecified atom stereocenters. The van der Waals surface area contributed by atoms with Gasteiger partial charge in [0, 0.05) is 19.3 Å². The SMILES string of the molecule is CCCNc1nc2ccccn2c1S(=O)(=O)NCC. The molecule has 0 aliphatic carbocycles. The van der Waals surface area contributed by atoms with E-state index in [1.807, 2.05) is 13.0 Å². The molecule has 0 bridgehead atoms. The summed E-state index contributed by atoms with van der Waals surface area (Å²) in [5.41, 5.74) is 0.609. The van der Waals surface area contributed by atoms with E-state index < -0.39 is 10.0 Å². The van der Waals surface area contributed by atoms with E-state index in [0.29, 0.717) is 24.6 Å². The molecule has 0 saturated heterocycles. The van der Waals surface area contributed by atoms with E-state index in [-0.39, 0.29) is 5.03 Å². The second-order valence-corrected chi connectivity index (χ2v) is 5.80. The van der Waals surface area contributed by atoms with Gasteiger partial charge in [0.15, 0.2) is 10.8 Å². The first-order valence-corrected chi connectivity index (χ1v) is 7.79. The monoisotopic (exact) mass is 282 g/mol. The molecule has 104 valence electrons. The number of imidazole rings is 1. The van der Waals surface area contributed by atoms with Crippen LogP contribution in [0.1, 0.15) is 20.3 Å². The molecule has 0 fully saturated rings. The summed E-state index contributed by atoms with van der Waals surface area (Å²) < 4.78 is 28.6. The number of aromatic nitrogens is 2. The van der Waals surface area contributed by atoms with Gasteiger partial charge in [0.25, 0.3) is 10.0 Å². The second kappa shape index (κ2) is 5.58. The molecule has 0 amide bonds. The molecule has 2 N–H and O–H groups in total. The number of hydrogen-bond donors (Lipinski definition) is 2. The number of hydrogen-bond acceptors (Lipinski definition) is 4. The molecular weight excluding hydrogens is 264 g/mol. The van der Waals surface area contributed by atoms with Crippen molar-refractivity contribution in [3.63, 3.8) is 0 Å². The van der Waals surface area contributed by atoms with Gasteiger partial charge in [-0.3, -0.25) is 4.40 Å². The van der Waals surface area contributed by atoms with Crippen LogP contribution in [0.3, 0.4) is 0 Å². The van der Waals surface area contributed by atoms with Crippen LogP contribution in [0, 0.1) is 0 Å². The minimum Gasteiger partial charge on any atom is -0.368 e. The molecule has 0 spiro atoms. The number of fused-ring (bicyclic) bond motifs is 1. The largest absolute Gasteiger partial charge is 0.368 e. The molecule has 2 aromatic heterocycles. The third-order valence-corrected chi connectivity index (χ3v) is 4.19. The standard InChI is InChI=1S/C12H18N4O2S/c1-3-8-13-11-12(19(17,18)14-4-2)16-9-6-5-7-10(16)15-11/h5-7,9,13-14H,3-4,8H2,1-2H3. The highest BCUT2D eigenvalue weighted by Crippen LogP contribution is 2.22. The summed E-state index contributed by atoms with van der Waals surface area (Å²) in [4.78, 5) is 4.33. The topological polar surface area (TPSA) is 75.5 Å². The van der Waals surface area contributed by atoms with Gasteiger partial charge in [0.05, 0.1) is 0 Å². The van der Waals surface area contributed by atoms with Crippen molar-refractivity contribution in [3.8, 4) is 0 Å². The zero-order chi connectivity index (χ0) is 13.9. The first-order valence-electron chi connectivity index (χ1n) is 6.30. The summed E-state index contributed by atoms with van der Waals surface area (Å²) in [6, 6.07) is 5.39. The van der Waals surface area contributed by atoms with E-state index in [0.717, 1.165) is 6.42 Å². The Labute approximate surface area is 112 Å². The highest BCUT2D eigenvalue weighted by Gasteiger charge is 2.24. The Morgan fingerprint density at radius 2 is 2.11 bits per heavy atom. The maximum absolute atomic E-state index is 12.3. The molecule has 2 aromatic rings. The average Bonchev–Trinajstić information content (AvgIpc) is 2.75. The molecule has 19 heavy (non-hydrogen) atoms. The number of sulfonamides is 1. The van der Waals surface area contributed by atoms with Crippen LogP contribution >= 0.6 is 0 Å². The molecule has 0 saturated carbocycles. The quantitative estimate of drug-likeness (QED) is 0.841. The summed E-state index contributed by atoms with van der Waals surface area (Å²) in [6.07, 6.45) is 2.60. The average molecular weight is 282 g/mol. The molecule has 2 heterocycles. The molecule has 7 heteroatoms. The van der Waals surface area contributed by atoms with Gasteiger partial charge in [-0.25, -0.2) is 18.1 Å². The van der Waals surface area contributed by atoms with Gasteiger partial charge in [-0.15, -0.1) is 0 Å². The number of anilines is 1. The summed E-state index contributed by atoms with van der Waals surface area (Å²) in [6.45, 7) is 4.79. The van der Waals surface area contributed by atoms with Crippen molar-refractivity contribution in [2.75, 3.05) is 18.4 Å². The summed E-state index contributed by atoms with van der Waals surface area (Å²) >= 11 is 0. The van der Waals surface area contributed by atoms with E-state index in [9.17, 15) is 8.42 Å². The van der Waals surface area contributed by atoms with Crippen LogP contribution < -0.4 is 10.0 Å². The lowest BCUT2D eigenvalue weighted by molar-refractivity contribution is 0.579. The van der Waals surface area contributed by atoms with Gasteiger partial charge < -0.3 is 5.32 Å². The Hall–Kier alpha value is -1.60. The molecule has 0 aromatic carbocycles. The van der Waals surface area contributed by atoms with E-state index in [2.05, 4.69) is 15.0 Å². The van der Waals surface area contributed by atoms with E-state index in [1.54, 1.807) is 29.7 Å². The van der Waals surface area contributed by atoms with Crippen LogP contribution in [0.15, 0.2) is 29.4 Å². The second-order valence-electron chi connectivity index (χ2n) is 4.12. The van der Waals surface area contributed by atoms with Gasteiger partial charge >= 0.3 is 0 Å². The van der Waals surface area contributed by atoms with Crippen LogP contribution in [-0.2, 0) is 10.0 Å². The fourth-order valence-corrected chi connectivity index (χ4v) is 3.15. The highest BCUT2D eigenvalue weighted by molar-refractivity contribution is 7.89. The number of rotatable bonds is 6. The molecule has 2 rings (SSSR count). The smallest absolute Gasteiger partial charge is 0.260 e. The lowest BCUT2D eigenvalue weighted by Crippen LogP contribution is -2.25. The van der Waals surface area contributed by atoms with Crippen LogP contribution in [0.4, 0.5) is 5.82 Å². The van der Waals surface area contributed by atoms with E-state index in [4.69, 9.17) is 0 Å². The van der Waals surface area contributed by atoms with Crippen molar-refractivity contribution >= 4 is 21.5 Å². The van der Waals surface area contributed by atoms with Gasteiger partial charge in [-0.05, 0) is 18.6 Å². The fraction of sp³-hybridized carbons (Fsp3) is 0.417. The van der Waals surface area contributed by atoms with Gasteiger partial charge in [-0.2, -0.15) is 0 Å². The van der Waals surface area contributed by atoms with E-state index >= 15 is 0 Å². The fourth-order valence-electron chi connectivity index (χ4n) is 1.85. The Morgan fingerprint density at radius 3 is 2.79 bits per heavy atom. The number of nitrogens with one attached hydrogen (secondary N) is 2. The summed E-state index contributed by atoms with van der Waals surface area (Å²) in [7, 11) is -3.57. The molecule has 0 radical (unpaired) electrons. The summed E-state index contributed by atoms with van der Waals surface area (Å²) in [5, 5.41) is 3.23. The lowest BCUT2D eigenvalue weighted by Gasteiger charge is -2.07. The highest BCUT2D eigenvalue weighted by atomic mass is 32.2. The number of nitrogens with zero attached hydrogens (tertiary/aromatic N) is 2. The van der Waals surface area contributed by atoms with Gasteiger partial charge in [0.1, 0.15) is 5.65 Å². The Balaban J connectivity index is 2.60. The van der Waals surface area contributed by atoms with Crippen LogP contribution in [-0.4, -0.2) is 30.9 Å². The Morgan fingerprint density at radius 1 is 1.32 bits per heavy atom.